The van der Waals surface area contributed by atoms with Crippen LogP contribution in [0.25, 0.3) is 0 Å². The van der Waals surface area contributed by atoms with Gasteiger partial charge in [0.05, 0.1) is 7.11 Å². The van der Waals surface area contributed by atoms with Crippen molar-refractivity contribution in [2.75, 3.05) is 7.11 Å². The van der Waals surface area contributed by atoms with Gasteiger partial charge >= 0.3 is 0 Å². The van der Waals surface area contributed by atoms with Crippen LogP contribution in [0.3, 0.4) is 0 Å². The molecule has 2 heteroatoms. The predicted molar refractivity (Wildman–Crippen MR) is 55.3 cm³/mol. The summed E-state index contributed by atoms with van der Waals surface area (Å²) in [5.74, 6) is 3.45. The average molecular weight is 195 g/mol. The summed E-state index contributed by atoms with van der Waals surface area (Å²) in [6.07, 6.45) is 5.33. The maximum absolute atomic E-state index is 5.85. The van der Waals surface area contributed by atoms with Crippen molar-refractivity contribution in [3.63, 3.8) is 0 Å². The molecule has 0 saturated carbocycles. The first-order valence-corrected chi connectivity index (χ1v) is 4.36. The molecule has 0 saturated heterocycles. The van der Waals surface area contributed by atoms with Crippen LogP contribution in [0, 0.1) is 12.3 Å². The first-order valence-electron chi connectivity index (χ1n) is 3.98. The third-order valence-electron chi connectivity index (χ3n) is 1.91. The number of hydrogen-bond donors (Lipinski definition) is 0. The van der Waals surface area contributed by atoms with E-state index in [1.165, 1.54) is 0 Å². The van der Waals surface area contributed by atoms with Gasteiger partial charge in [-0.2, -0.15) is 0 Å². The van der Waals surface area contributed by atoms with E-state index in [1.54, 1.807) is 13.2 Å². The molecule has 0 aliphatic heterocycles. The van der Waals surface area contributed by atoms with E-state index in [0.29, 0.717) is 5.02 Å². The molecule has 0 heterocycles. The van der Waals surface area contributed by atoms with E-state index in [1.807, 2.05) is 19.1 Å². The van der Waals surface area contributed by atoms with Crippen molar-refractivity contribution in [2.45, 2.75) is 12.8 Å². The summed E-state index contributed by atoms with van der Waals surface area (Å²) in [5.41, 5.74) is 0.956. The predicted octanol–water partition coefficient (Wildman–Crippen LogP) is 3.09. The Morgan fingerprint density at radius 3 is 2.77 bits per heavy atom. The van der Waals surface area contributed by atoms with Gasteiger partial charge in [-0.15, -0.1) is 6.42 Å². The molecular formula is C11H11ClO. The topological polar surface area (TPSA) is 9.23 Å². The normalized spacial score (nSPS) is 11.8. The zero-order chi connectivity index (χ0) is 9.84. The van der Waals surface area contributed by atoms with Gasteiger partial charge in [-0.25, -0.2) is 0 Å². The summed E-state index contributed by atoms with van der Waals surface area (Å²) in [5, 5.41) is 0.679. The van der Waals surface area contributed by atoms with Crippen LogP contribution in [-0.2, 0) is 0 Å². The Bertz CT molecular complexity index is 338. The van der Waals surface area contributed by atoms with Crippen molar-refractivity contribution in [2.24, 2.45) is 0 Å². The molecule has 0 N–H and O–H groups in total. The van der Waals surface area contributed by atoms with Crippen LogP contribution in [0.2, 0.25) is 5.02 Å². The highest BCUT2D eigenvalue weighted by atomic mass is 35.5. The second-order valence-electron chi connectivity index (χ2n) is 2.77. The lowest BCUT2D eigenvalue weighted by Gasteiger charge is -2.10. The van der Waals surface area contributed by atoms with E-state index in [0.717, 1.165) is 11.3 Å². The van der Waals surface area contributed by atoms with E-state index in [4.69, 9.17) is 22.8 Å². The second kappa shape index (κ2) is 4.20. The molecule has 13 heavy (non-hydrogen) atoms. The highest BCUT2D eigenvalue weighted by Gasteiger charge is 2.08. The monoisotopic (exact) mass is 194 g/mol. The molecule has 0 bridgehead atoms. The zero-order valence-electron chi connectivity index (χ0n) is 7.67. The van der Waals surface area contributed by atoms with Crippen LogP contribution in [0.5, 0.6) is 5.75 Å². The van der Waals surface area contributed by atoms with Gasteiger partial charge in [0.25, 0.3) is 0 Å². The summed E-state index contributed by atoms with van der Waals surface area (Å²) in [6.45, 7) is 1.94. The van der Waals surface area contributed by atoms with Crippen LogP contribution < -0.4 is 4.74 Å². The Balaban J connectivity index is 3.17. The summed E-state index contributed by atoms with van der Waals surface area (Å²) in [7, 11) is 1.62. The highest BCUT2D eigenvalue weighted by Crippen LogP contribution is 2.28. The molecule has 0 spiro atoms. The van der Waals surface area contributed by atoms with E-state index < -0.39 is 0 Å². The van der Waals surface area contributed by atoms with Crippen molar-refractivity contribution in [1.29, 1.82) is 0 Å². The minimum Gasteiger partial charge on any atom is -0.496 e. The fraction of sp³-hybridized carbons (Fsp3) is 0.273. The quantitative estimate of drug-likeness (QED) is 0.658. The van der Waals surface area contributed by atoms with Gasteiger partial charge in [-0.05, 0) is 25.1 Å². The number of methoxy groups -OCH3 is 1. The summed E-state index contributed by atoms with van der Waals surface area (Å²) < 4.78 is 5.17. The molecular weight excluding hydrogens is 184 g/mol. The van der Waals surface area contributed by atoms with Gasteiger partial charge in [0.2, 0.25) is 0 Å². The Labute approximate surface area is 83.7 Å². The van der Waals surface area contributed by atoms with Crippen molar-refractivity contribution in [3.05, 3.63) is 28.8 Å². The Morgan fingerprint density at radius 2 is 2.23 bits per heavy atom. The van der Waals surface area contributed by atoms with Crippen LogP contribution in [-0.4, -0.2) is 7.11 Å². The number of ether oxygens (including phenoxy) is 1. The number of benzene rings is 1. The molecule has 0 aromatic heterocycles. The minimum absolute atomic E-state index is 0.0219. The molecule has 0 fully saturated rings. The maximum atomic E-state index is 5.85. The molecule has 1 aromatic rings. The van der Waals surface area contributed by atoms with Crippen molar-refractivity contribution < 1.29 is 4.74 Å². The standard InChI is InChI=1S/C11H11ClO/c1-4-8(2)10-7-9(12)5-6-11(10)13-3/h1,5-8H,2-3H3. The molecule has 1 atom stereocenters. The second-order valence-corrected chi connectivity index (χ2v) is 3.21. The average Bonchev–Trinajstić information content (AvgIpc) is 2.16. The number of rotatable bonds is 2. The third kappa shape index (κ3) is 2.17. The maximum Gasteiger partial charge on any atom is 0.123 e. The van der Waals surface area contributed by atoms with Crippen molar-refractivity contribution in [3.8, 4) is 18.1 Å². The van der Waals surface area contributed by atoms with Crippen molar-refractivity contribution in [1.82, 2.24) is 0 Å². The fourth-order valence-corrected chi connectivity index (χ4v) is 1.31. The van der Waals surface area contributed by atoms with Crippen LogP contribution in [0.15, 0.2) is 18.2 Å². The fourth-order valence-electron chi connectivity index (χ4n) is 1.13. The Hall–Kier alpha value is -1.13. The van der Waals surface area contributed by atoms with Crippen LogP contribution in [0.1, 0.15) is 18.4 Å². The van der Waals surface area contributed by atoms with Gasteiger partial charge < -0.3 is 4.74 Å². The first-order chi connectivity index (χ1) is 6.19. The summed E-state index contributed by atoms with van der Waals surface area (Å²) in [4.78, 5) is 0. The van der Waals surface area contributed by atoms with E-state index in [9.17, 15) is 0 Å². The third-order valence-corrected chi connectivity index (χ3v) is 2.14. The molecule has 1 rings (SSSR count). The van der Waals surface area contributed by atoms with E-state index in [2.05, 4.69) is 5.92 Å². The van der Waals surface area contributed by atoms with Gasteiger partial charge in [-0.3, -0.25) is 0 Å². The molecule has 0 aliphatic carbocycles. The smallest absolute Gasteiger partial charge is 0.123 e. The Kier molecular flexibility index (Phi) is 3.22. The number of halogens is 1. The lowest BCUT2D eigenvalue weighted by Crippen LogP contribution is -1.95. The molecule has 1 nitrogen and oxygen atoms in total. The zero-order valence-corrected chi connectivity index (χ0v) is 8.43. The molecule has 1 aromatic carbocycles. The molecule has 0 aliphatic rings. The SMILES string of the molecule is C#CC(C)c1cc(Cl)ccc1OC. The largest absolute Gasteiger partial charge is 0.496 e. The van der Waals surface area contributed by atoms with Gasteiger partial charge in [0.1, 0.15) is 5.75 Å². The molecule has 1 unspecified atom stereocenters. The van der Waals surface area contributed by atoms with Crippen LogP contribution in [0.4, 0.5) is 0 Å². The Morgan fingerprint density at radius 1 is 1.54 bits per heavy atom. The highest BCUT2D eigenvalue weighted by molar-refractivity contribution is 6.30. The van der Waals surface area contributed by atoms with E-state index in [-0.39, 0.29) is 5.92 Å². The lowest BCUT2D eigenvalue weighted by molar-refractivity contribution is 0.409. The summed E-state index contributed by atoms with van der Waals surface area (Å²) >= 11 is 5.85. The van der Waals surface area contributed by atoms with Gasteiger partial charge in [-0.1, -0.05) is 17.5 Å². The number of hydrogen-bond acceptors (Lipinski definition) is 1. The summed E-state index contributed by atoms with van der Waals surface area (Å²) in [6, 6.07) is 5.45. The molecule has 0 amide bonds. The minimum atomic E-state index is 0.0219. The first kappa shape index (κ1) is 9.95. The molecule has 0 radical (unpaired) electrons. The van der Waals surface area contributed by atoms with E-state index >= 15 is 0 Å². The number of terminal acetylenes is 1. The lowest BCUT2D eigenvalue weighted by atomic mass is 10.0. The molecule has 68 valence electrons. The van der Waals surface area contributed by atoms with Gasteiger partial charge in [0, 0.05) is 16.5 Å². The van der Waals surface area contributed by atoms with Gasteiger partial charge in [0.15, 0.2) is 0 Å². The van der Waals surface area contributed by atoms with Crippen LogP contribution >= 0.6 is 11.6 Å². The van der Waals surface area contributed by atoms with Crippen molar-refractivity contribution >= 4 is 11.6 Å².